The summed E-state index contributed by atoms with van der Waals surface area (Å²) in [6.45, 7) is 11.6. The molecular weight excluding hydrogens is 388 g/mol. The number of likely N-dealkylation sites (N-methyl/N-ethyl adjacent to an activating group) is 1. The van der Waals surface area contributed by atoms with Gasteiger partial charge in [-0.2, -0.15) is 0 Å². The molecule has 0 spiro atoms. The van der Waals surface area contributed by atoms with Crippen LogP contribution in [0.2, 0.25) is 0 Å². The molecule has 1 fully saturated rings. The molecule has 6 nitrogen and oxygen atoms in total. The number of para-hydroxylation sites is 2. The van der Waals surface area contributed by atoms with E-state index in [1.807, 2.05) is 26.8 Å². The Morgan fingerprint density at radius 1 is 1.03 bits per heavy atom. The fourth-order valence-electron chi connectivity index (χ4n) is 4.36. The van der Waals surface area contributed by atoms with E-state index < -0.39 is 0 Å². The number of phenols is 1. The number of aryl methyl sites for hydroxylation is 2. The Kier molecular flexibility index (Phi) is 6.37. The number of phenolic OH excluding ortho intramolecular Hbond substituents is 1. The summed E-state index contributed by atoms with van der Waals surface area (Å²) in [5.41, 5.74) is 4.99. The number of nitrogens with zero attached hydrogens (tertiary/aromatic N) is 4. The van der Waals surface area contributed by atoms with E-state index in [0.29, 0.717) is 12.4 Å². The van der Waals surface area contributed by atoms with Crippen LogP contribution >= 0.6 is 0 Å². The second-order valence-corrected chi connectivity index (χ2v) is 8.69. The summed E-state index contributed by atoms with van der Waals surface area (Å²) in [5, 5.41) is 10.1. The fraction of sp³-hybridized carbons (Fsp3) is 0.480. The third kappa shape index (κ3) is 4.49. The van der Waals surface area contributed by atoms with E-state index in [4.69, 9.17) is 9.72 Å². The molecule has 0 amide bonds. The summed E-state index contributed by atoms with van der Waals surface area (Å²) in [5.74, 6) is 2.30. The quantitative estimate of drug-likeness (QED) is 0.601. The molecule has 31 heavy (non-hydrogen) atoms. The molecule has 2 aromatic carbocycles. The second-order valence-electron chi connectivity index (χ2n) is 8.69. The van der Waals surface area contributed by atoms with Gasteiger partial charge in [-0.25, -0.2) is 4.98 Å². The zero-order chi connectivity index (χ0) is 22.0. The molecule has 2 heterocycles. The summed E-state index contributed by atoms with van der Waals surface area (Å²) < 4.78 is 8.47. The standard InChI is InChI=1S/C25H34N4O2/c1-18-17-23(19(2)20(3)24(18)30)31-16-8-13-29-22-10-6-5-9-21(22)26-25(29)28-12-7-11-27(4)14-15-28/h5-6,9-10,17,30H,7-8,11-16H2,1-4H3. The summed E-state index contributed by atoms with van der Waals surface area (Å²) in [4.78, 5) is 9.81. The van der Waals surface area contributed by atoms with Crippen molar-refractivity contribution in [2.24, 2.45) is 0 Å². The molecule has 166 valence electrons. The molecule has 0 atom stereocenters. The predicted molar refractivity (Wildman–Crippen MR) is 126 cm³/mol. The Labute approximate surface area is 185 Å². The van der Waals surface area contributed by atoms with Gasteiger partial charge in [0.05, 0.1) is 17.6 Å². The van der Waals surface area contributed by atoms with Crippen LogP contribution in [0.4, 0.5) is 5.95 Å². The zero-order valence-corrected chi connectivity index (χ0v) is 19.2. The Balaban J connectivity index is 1.49. The van der Waals surface area contributed by atoms with Crippen molar-refractivity contribution in [3.63, 3.8) is 0 Å². The van der Waals surface area contributed by atoms with Crippen molar-refractivity contribution in [1.29, 1.82) is 0 Å². The van der Waals surface area contributed by atoms with Gasteiger partial charge in [-0.15, -0.1) is 0 Å². The summed E-state index contributed by atoms with van der Waals surface area (Å²) in [6.07, 6.45) is 2.04. The van der Waals surface area contributed by atoms with Gasteiger partial charge in [-0.05, 0) is 82.1 Å². The van der Waals surface area contributed by atoms with Gasteiger partial charge in [0.25, 0.3) is 0 Å². The predicted octanol–water partition coefficient (Wildman–Crippen LogP) is 4.28. The van der Waals surface area contributed by atoms with Gasteiger partial charge in [0.15, 0.2) is 0 Å². The van der Waals surface area contributed by atoms with Crippen molar-refractivity contribution < 1.29 is 9.84 Å². The van der Waals surface area contributed by atoms with Crippen LogP contribution in [-0.4, -0.2) is 59.4 Å². The van der Waals surface area contributed by atoms with Crippen molar-refractivity contribution in [1.82, 2.24) is 14.5 Å². The smallest absolute Gasteiger partial charge is 0.206 e. The minimum atomic E-state index is 0.363. The number of anilines is 1. The van der Waals surface area contributed by atoms with E-state index in [1.54, 1.807) is 0 Å². The second kappa shape index (κ2) is 9.18. The van der Waals surface area contributed by atoms with Gasteiger partial charge >= 0.3 is 0 Å². The highest BCUT2D eigenvalue weighted by Gasteiger charge is 2.19. The molecule has 1 aromatic heterocycles. The first-order valence-electron chi connectivity index (χ1n) is 11.3. The first kappa shape index (κ1) is 21.5. The van der Waals surface area contributed by atoms with Crippen molar-refractivity contribution in [2.75, 3.05) is 44.7 Å². The van der Waals surface area contributed by atoms with Gasteiger partial charge in [-0.3, -0.25) is 0 Å². The molecule has 1 N–H and O–H groups in total. The number of aromatic nitrogens is 2. The van der Waals surface area contributed by atoms with E-state index in [-0.39, 0.29) is 0 Å². The summed E-state index contributed by atoms with van der Waals surface area (Å²) >= 11 is 0. The molecule has 0 bridgehead atoms. The molecule has 0 saturated carbocycles. The number of hydrogen-bond donors (Lipinski definition) is 1. The molecule has 4 rings (SSSR count). The van der Waals surface area contributed by atoms with Gasteiger partial charge in [0, 0.05) is 26.2 Å². The lowest BCUT2D eigenvalue weighted by atomic mass is 10.0. The SMILES string of the molecule is Cc1cc(OCCCn2c(N3CCCN(C)CC3)nc3ccccc32)c(C)c(C)c1O. The van der Waals surface area contributed by atoms with Crippen LogP contribution in [0.3, 0.4) is 0 Å². The Hall–Kier alpha value is -2.73. The number of hydrogen-bond acceptors (Lipinski definition) is 5. The number of aromatic hydroxyl groups is 1. The minimum Gasteiger partial charge on any atom is -0.507 e. The molecule has 0 radical (unpaired) electrons. The van der Waals surface area contributed by atoms with E-state index in [1.165, 1.54) is 5.52 Å². The van der Waals surface area contributed by atoms with E-state index in [9.17, 15) is 5.11 Å². The lowest BCUT2D eigenvalue weighted by Gasteiger charge is -2.23. The molecule has 1 aliphatic rings. The van der Waals surface area contributed by atoms with E-state index in [0.717, 1.165) is 79.5 Å². The first-order valence-corrected chi connectivity index (χ1v) is 11.3. The van der Waals surface area contributed by atoms with Crippen LogP contribution in [0.1, 0.15) is 29.5 Å². The van der Waals surface area contributed by atoms with Gasteiger partial charge in [0.1, 0.15) is 11.5 Å². The molecule has 1 saturated heterocycles. The maximum absolute atomic E-state index is 10.1. The summed E-state index contributed by atoms with van der Waals surface area (Å²) in [6, 6.07) is 10.3. The Morgan fingerprint density at radius 3 is 2.68 bits per heavy atom. The van der Waals surface area contributed by atoms with Crippen LogP contribution < -0.4 is 9.64 Å². The van der Waals surface area contributed by atoms with Crippen LogP contribution in [0.25, 0.3) is 11.0 Å². The van der Waals surface area contributed by atoms with Gasteiger partial charge < -0.3 is 24.2 Å². The molecule has 0 aliphatic carbocycles. The van der Waals surface area contributed by atoms with Crippen molar-refractivity contribution in [3.8, 4) is 11.5 Å². The lowest BCUT2D eigenvalue weighted by molar-refractivity contribution is 0.299. The topological polar surface area (TPSA) is 53.8 Å². The number of fused-ring (bicyclic) bond motifs is 1. The monoisotopic (exact) mass is 422 g/mol. The van der Waals surface area contributed by atoms with E-state index in [2.05, 4.69) is 45.7 Å². The Bertz CT molecular complexity index is 1060. The first-order chi connectivity index (χ1) is 15.0. The van der Waals surface area contributed by atoms with Gasteiger partial charge in [0.2, 0.25) is 5.95 Å². The van der Waals surface area contributed by atoms with Crippen LogP contribution in [-0.2, 0) is 6.54 Å². The van der Waals surface area contributed by atoms with Gasteiger partial charge in [-0.1, -0.05) is 12.1 Å². The number of imidazole rings is 1. The molecule has 1 aliphatic heterocycles. The maximum Gasteiger partial charge on any atom is 0.206 e. The molecule has 0 unspecified atom stereocenters. The average molecular weight is 423 g/mol. The largest absolute Gasteiger partial charge is 0.507 e. The highest BCUT2D eigenvalue weighted by Crippen LogP contribution is 2.32. The minimum absolute atomic E-state index is 0.363. The number of ether oxygens (including phenoxy) is 1. The van der Waals surface area contributed by atoms with Crippen LogP contribution in [0.5, 0.6) is 11.5 Å². The highest BCUT2D eigenvalue weighted by molar-refractivity contribution is 5.78. The van der Waals surface area contributed by atoms with Crippen LogP contribution in [0.15, 0.2) is 30.3 Å². The average Bonchev–Trinajstić information content (AvgIpc) is 2.99. The lowest BCUT2D eigenvalue weighted by Crippen LogP contribution is -2.31. The molecule has 3 aromatic rings. The number of benzene rings is 2. The fourth-order valence-corrected chi connectivity index (χ4v) is 4.36. The maximum atomic E-state index is 10.1. The Morgan fingerprint density at radius 2 is 1.84 bits per heavy atom. The highest BCUT2D eigenvalue weighted by atomic mass is 16.5. The van der Waals surface area contributed by atoms with Crippen molar-refractivity contribution >= 4 is 17.0 Å². The molecular formula is C25H34N4O2. The third-order valence-electron chi connectivity index (χ3n) is 6.43. The normalized spacial score (nSPS) is 15.4. The van der Waals surface area contributed by atoms with Crippen molar-refractivity contribution in [3.05, 3.63) is 47.0 Å². The third-order valence-corrected chi connectivity index (χ3v) is 6.43. The summed E-state index contributed by atoms with van der Waals surface area (Å²) in [7, 11) is 2.19. The molecule has 6 heteroatoms. The van der Waals surface area contributed by atoms with Crippen molar-refractivity contribution in [2.45, 2.75) is 40.2 Å². The zero-order valence-electron chi connectivity index (χ0n) is 19.2. The van der Waals surface area contributed by atoms with Crippen LogP contribution in [0, 0.1) is 20.8 Å². The number of rotatable bonds is 6. The van der Waals surface area contributed by atoms with E-state index >= 15 is 0 Å².